The molecule has 1 N–H and O–H groups in total. The third-order valence-electron chi connectivity index (χ3n) is 6.34. The lowest BCUT2D eigenvalue weighted by molar-refractivity contribution is -0.136. The van der Waals surface area contributed by atoms with Crippen molar-refractivity contribution in [1.29, 1.82) is 0 Å². The van der Waals surface area contributed by atoms with Crippen LogP contribution in [0.1, 0.15) is 38.5 Å². The first-order chi connectivity index (χ1) is 12.7. The maximum absolute atomic E-state index is 13.3. The summed E-state index contributed by atoms with van der Waals surface area (Å²) in [5.74, 6) is -2.51. The summed E-state index contributed by atoms with van der Waals surface area (Å²) in [6, 6.07) is -0.212. The van der Waals surface area contributed by atoms with Crippen molar-refractivity contribution in [2.45, 2.75) is 56.5 Å². The van der Waals surface area contributed by atoms with Gasteiger partial charge in [0.25, 0.3) is 5.92 Å². The van der Waals surface area contributed by atoms with E-state index in [1.807, 2.05) is 4.90 Å². The van der Waals surface area contributed by atoms with Crippen LogP contribution < -0.4 is 5.32 Å². The predicted octanol–water partition coefficient (Wildman–Crippen LogP) is 1.16. The molecule has 2 amide bonds. The zero-order valence-electron chi connectivity index (χ0n) is 16.4. The largest absolute Gasteiger partial charge is 0.343 e. The third kappa shape index (κ3) is 5.16. The number of halogens is 2. The lowest BCUT2D eigenvalue weighted by atomic mass is 9.92. The average molecular weight is 386 g/mol. The molecule has 1 atom stereocenters. The molecule has 0 saturated carbocycles. The van der Waals surface area contributed by atoms with Crippen LogP contribution >= 0.6 is 0 Å². The molecule has 0 aliphatic carbocycles. The van der Waals surface area contributed by atoms with Gasteiger partial charge in [-0.3, -0.25) is 14.9 Å². The predicted molar refractivity (Wildman–Crippen MR) is 98.6 cm³/mol. The molecule has 0 spiro atoms. The number of carbonyl (C=O) groups is 2. The Morgan fingerprint density at radius 1 is 1.04 bits per heavy atom. The van der Waals surface area contributed by atoms with Gasteiger partial charge in [0.1, 0.15) is 0 Å². The van der Waals surface area contributed by atoms with E-state index in [0.29, 0.717) is 25.6 Å². The van der Waals surface area contributed by atoms with Crippen LogP contribution in [0.25, 0.3) is 0 Å². The molecule has 0 aromatic rings. The molecule has 6 nitrogen and oxygen atoms in total. The molecule has 3 rings (SSSR count). The molecule has 3 heterocycles. The molecule has 0 aromatic carbocycles. The van der Waals surface area contributed by atoms with E-state index in [4.69, 9.17) is 0 Å². The molecule has 3 saturated heterocycles. The van der Waals surface area contributed by atoms with Crippen molar-refractivity contribution in [2.24, 2.45) is 5.92 Å². The smallest absolute Gasteiger partial charge is 0.262 e. The summed E-state index contributed by atoms with van der Waals surface area (Å²) in [5.41, 5.74) is 0. The highest BCUT2D eigenvalue weighted by molar-refractivity contribution is 5.82. The maximum atomic E-state index is 13.3. The van der Waals surface area contributed by atoms with Gasteiger partial charge in [0.2, 0.25) is 11.8 Å². The SMILES string of the molecule is CN(C)C1CCN(C(=O)CC2CCN(C(=O)C3CC(F)(F)CN3)CC2)CC1. The summed E-state index contributed by atoms with van der Waals surface area (Å²) in [7, 11) is 4.17. The summed E-state index contributed by atoms with van der Waals surface area (Å²) in [6.45, 7) is 2.34. The van der Waals surface area contributed by atoms with Gasteiger partial charge in [0, 0.05) is 45.1 Å². The Kier molecular flexibility index (Phi) is 6.35. The number of likely N-dealkylation sites (tertiary alicyclic amines) is 2. The summed E-state index contributed by atoms with van der Waals surface area (Å²) < 4.78 is 26.6. The number of carbonyl (C=O) groups excluding carboxylic acids is 2. The van der Waals surface area contributed by atoms with Crippen molar-refractivity contribution in [2.75, 3.05) is 46.8 Å². The number of hydrogen-bond acceptors (Lipinski definition) is 4. The Balaban J connectivity index is 1.39. The van der Waals surface area contributed by atoms with Gasteiger partial charge < -0.3 is 14.7 Å². The van der Waals surface area contributed by atoms with Gasteiger partial charge >= 0.3 is 0 Å². The highest BCUT2D eigenvalue weighted by atomic mass is 19.3. The third-order valence-corrected chi connectivity index (χ3v) is 6.34. The Morgan fingerprint density at radius 3 is 2.15 bits per heavy atom. The Labute approximate surface area is 160 Å². The fraction of sp³-hybridized carbons (Fsp3) is 0.895. The quantitative estimate of drug-likeness (QED) is 0.788. The molecule has 0 bridgehead atoms. The molecule has 3 aliphatic rings. The van der Waals surface area contributed by atoms with E-state index in [1.54, 1.807) is 4.90 Å². The fourth-order valence-corrected chi connectivity index (χ4v) is 4.48. The van der Waals surface area contributed by atoms with Crippen LogP contribution in [0.5, 0.6) is 0 Å². The van der Waals surface area contributed by atoms with Crippen LogP contribution in [0.3, 0.4) is 0 Å². The van der Waals surface area contributed by atoms with Gasteiger partial charge in [-0.2, -0.15) is 0 Å². The topological polar surface area (TPSA) is 55.9 Å². The molecule has 154 valence electrons. The summed E-state index contributed by atoms with van der Waals surface area (Å²) in [4.78, 5) is 30.9. The van der Waals surface area contributed by atoms with E-state index in [1.165, 1.54) is 0 Å². The highest BCUT2D eigenvalue weighted by Crippen LogP contribution is 2.28. The number of rotatable bonds is 4. The molecule has 8 heteroatoms. The van der Waals surface area contributed by atoms with Crippen molar-refractivity contribution in [3.63, 3.8) is 0 Å². The molecule has 3 fully saturated rings. The molecular weight excluding hydrogens is 354 g/mol. The highest BCUT2D eigenvalue weighted by Gasteiger charge is 2.44. The lowest BCUT2D eigenvalue weighted by Crippen LogP contribution is -2.48. The minimum Gasteiger partial charge on any atom is -0.343 e. The molecule has 27 heavy (non-hydrogen) atoms. The van der Waals surface area contributed by atoms with E-state index in [-0.39, 0.29) is 17.7 Å². The van der Waals surface area contributed by atoms with E-state index in [2.05, 4.69) is 24.3 Å². The van der Waals surface area contributed by atoms with Crippen LogP contribution in [-0.4, -0.2) is 91.3 Å². The minimum absolute atomic E-state index is 0.217. The van der Waals surface area contributed by atoms with Gasteiger partial charge in [-0.25, -0.2) is 8.78 Å². The molecule has 0 aromatic heterocycles. The van der Waals surface area contributed by atoms with Crippen molar-refractivity contribution in [1.82, 2.24) is 20.0 Å². The standard InChI is InChI=1S/C19H32F2N4O2/c1-23(2)15-5-9-24(10-6-15)17(26)11-14-3-7-25(8-4-14)18(27)16-12-19(20,21)13-22-16/h14-16,22H,3-13H2,1-2H3. The fourth-order valence-electron chi connectivity index (χ4n) is 4.48. The first-order valence-corrected chi connectivity index (χ1v) is 10.1. The number of hydrogen-bond donors (Lipinski definition) is 1. The molecule has 3 aliphatic heterocycles. The zero-order chi connectivity index (χ0) is 19.6. The number of nitrogens with one attached hydrogen (secondary N) is 1. The Bertz CT molecular complexity index is 542. The first-order valence-electron chi connectivity index (χ1n) is 10.1. The van der Waals surface area contributed by atoms with Gasteiger partial charge in [0.05, 0.1) is 12.6 Å². The van der Waals surface area contributed by atoms with Gasteiger partial charge in [-0.1, -0.05) is 0 Å². The number of piperidine rings is 2. The monoisotopic (exact) mass is 386 g/mol. The number of nitrogens with zero attached hydrogens (tertiary/aromatic N) is 3. The van der Waals surface area contributed by atoms with Gasteiger partial charge in [-0.05, 0) is 45.7 Å². The van der Waals surface area contributed by atoms with E-state index in [9.17, 15) is 18.4 Å². The summed E-state index contributed by atoms with van der Waals surface area (Å²) in [5, 5.41) is 2.64. The maximum Gasteiger partial charge on any atom is 0.262 e. The normalized spacial score (nSPS) is 27.4. The number of alkyl halides is 2. The first kappa shape index (κ1) is 20.5. The van der Waals surface area contributed by atoms with Crippen LogP contribution in [-0.2, 0) is 9.59 Å². The van der Waals surface area contributed by atoms with Crippen LogP contribution in [0.4, 0.5) is 8.78 Å². The minimum atomic E-state index is -2.79. The van der Waals surface area contributed by atoms with Crippen molar-refractivity contribution in [3.05, 3.63) is 0 Å². The molecular formula is C19H32F2N4O2. The van der Waals surface area contributed by atoms with E-state index < -0.39 is 24.9 Å². The molecule has 1 unspecified atom stereocenters. The van der Waals surface area contributed by atoms with Gasteiger partial charge in [0.15, 0.2) is 0 Å². The summed E-state index contributed by atoms with van der Waals surface area (Å²) >= 11 is 0. The zero-order valence-corrected chi connectivity index (χ0v) is 16.4. The van der Waals surface area contributed by atoms with E-state index in [0.717, 1.165) is 38.8 Å². The van der Waals surface area contributed by atoms with E-state index >= 15 is 0 Å². The number of amides is 2. The lowest BCUT2D eigenvalue weighted by Gasteiger charge is -2.37. The van der Waals surface area contributed by atoms with Crippen LogP contribution in [0.2, 0.25) is 0 Å². The van der Waals surface area contributed by atoms with Crippen LogP contribution in [0, 0.1) is 5.92 Å². The second kappa shape index (κ2) is 8.39. The van der Waals surface area contributed by atoms with Crippen molar-refractivity contribution >= 4 is 11.8 Å². The van der Waals surface area contributed by atoms with Crippen molar-refractivity contribution < 1.29 is 18.4 Å². The van der Waals surface area contributed by atoms with Crippen molar-refractivity contribution in [3.8, 4) is 0 Å². The Morgan fingerprint density at radius 2 is 1.63 bits per heavy atom. The summed E-state index contributed by atoms with van der Waals surface area (Å²) in [6.07, 6.45) is 3.71. The average Bonchev–Trinajstić information content (AvgIpc) is 3.01. The van der Waals surface area contributed by atoms with Crippen LogP contribution in [0.15, 0.2) is 0 Å². The Hall–Kier alpha value is -1.28. The second-order valence-electron chi connectivity index (χ2n) is 8.54. The molecule has 0 radical (unpaired) electrons. The van der Waals surface area contributed by atoms with Gasteiger partial charge in [-0.15, -0.1) is 0 Å². The second-order valence-corrected chi connectivity index (χ2v) is 8.54.